The van der Waals surface area contributed by atoms with E-state index in [1.807, 2.05) is 24.3 Å². The molecular formula is C22H25N3O4S2. The molecule has 7 nitrogen and oxygen atoms in total. The summed E-state index contributed by atoms with van der Waals surface area (Å²) in [4.78, 5) is 20.0. The van der Waals surface area contributed by atoms with Crippen molar-refractivity contribution < 1.29 is 17.9 Å². The van der Waals surface area contributed by atoms with Crippen LogP contribution in [0.4, 0.5) is 5.13 Å². The predicted molar refractivity (Wildman–Crippen MR) is 122 cm³/mol. The van der Waals surface area contributed by atoms with Crippen LogP contribution in [0.5, 0.6) is 0 Å². The number of nitrogens with zero attached hydrogens (tertiary/aromatic N) is 3. The predicted octanol–water partition coefficient (Wildman–Crippen LogP) is 3.38. The summed E-state index contributed by atoms with van der Waals surface area (Å²) in [7, 11) is -2.04. The number of fused-ring (bicyclic) bond motifs is 1. The highest BCUT2D eigenvalue weighted by molar-refractivity contribution is 7.89. The number of carbonyl (C=O) groups is 1. The van der Waals surface area contributed by atoms with Crippen molar-refractivity contribution >= 4 is 42.6 Å². The molecule has 1 fully saturated rings. The number of amides is 1. The number of methoxy groups -OCH3 is 1. The van der Waals surface area contributed by atoms with Crippen molar-refractivity contribution in [1.29, 1.82) is 0 Å². The lowest BCUT2D eigenvalue weighted by atomic mass is 9.98. The van der Waals surface area contributed by atoms with E-state index in [4.69, 9.17) is 4.74 Å². The fraction of sp³-hybridized carbons (Fsp3) is 0.364. The fourth-order valence-electron chi connectivity index (χ4n) is 3.78. The maximum absolute atomic E-state index is 13.5. The molecule has 4 rings (SSSR count). The molecule has 2 heterocycles. The number of sulfonamides is 1. The number of rotatable bonds is 7. The molecule has 1 amide bonds. The molecule has 9 heteroatoms. The Labute approximate surface area is 186 Å². The Balaban J connectivity index is 1.58. The molecule has 3 aromatic rings. The van der Waals surface area contributed by atoms with Crippen LogP contribution in [0.2, 0.25) is 0 Å². The van der Waals surface area contributed by atoms with Gasteiger partial charge in [-0.3, -0.25) is 9.69 Å². The largest absolute Gasteiger partial charge is 0.383 e. The fourth-order valence-corrected chi connectivity index (χ4v) is 6.32. The number of para-hydroxylation sites is 1. The number of aromatic nitrogens is 1. The molecule has 1 aliphatic heterocycles. The van der Waals surface area contributed by atoms with Gasteiger partial charge in [0, 0.05) is 20.2 Å². The number of piperidine rings is 1. The Hall–Kier alpha value is -2.33. The van der Waals surface area contributed by atoms with Crippen molar-refractivity contribution in [3.63, 3.8) is 0 Å². The molecule has 1 unspecified atom stereocenters. The standard InChI is InChI=1S/C22H25N3O4S2/c1-29-15-14-25(22-23-19-11-5-6-12-20(19)30-22)21(26)17-8-7-13-24(16-17)31(27,28)18-9-3-2-4-10-18/h2-6,9-12,17H,7-8,13-16H2,1H3. The topological polar surface area (TPSA) is 79.8 Å². The molecule has 1 aromatic heterocycles. The number of hydrogen-bond acceptors (Lipinski definition) is 6. The molecule has 31 heavy (non-hydrogen) atoms. The summed E-state index contributed by atoms with van der Waals surface area (Å²) >= 11 is 1.46. The quantitative estimate of drug-likeness (QED) is 0.541. The number of thiazole rings is 1. The van der Waals surface area contributed by atoms with Gasteiger partial charge in [-0.25, -0.2) is 13.4 Å². The first kappa shape index (κ1) is 21.9. The zero-order valence-electron chi connectivity index (χ0n) is 17.3. The summed E-state index contributed by atoms with van der Waals surface area (Å²) < 4.78 is 33.8. The molecule has 0 aliphatic carbocycles. The second-order valence-corrected chi connectivity index (χ2v) is 10.4. The zero-order chi connectivity index (χ0) is 21.8. The highest BCUT2D eigenvalue weighted by Gasteiger charge is 2.36. The minimum Gasteiger partial charge on any atom is -0.383 e. The van der Waals surface area contributed by atoms with Crippen molar-refractivity contribution in [2.45, 2.75) is 17.7 Å². The van der Waals surface area contributed by atoms with Crippen LogP contribution < -0.4 is 4.90 Å². The van der Waals surface area contributed by atoms with Gasteiger partial charge in [0.15, 0.2) is 5.13 Å². The van der Waals surface area contributed by atoms with Crippen LogP contribution >= 0.6 is 11.3 Å². The Morgan fingerprint density at radius 1 is 1.19 bits per heavy atom. The van der Waals surface area contributed by atoms with E-state index in [9.17, 15) is 13.2 Å². The van der Waals surface area contributed by atoms with Crippen LogP contribution in [0.15, 0.2) is 59.5 Å². The molecule has 0 N–H and O–H groups in total. The monoisotopic (exact) mass is 459 g/mol. The lowest BCUT2D eigenvalue weighted by molar-refractivity contribution is -0.123. The van der Waals surface area contributed by atoms with Gasteiger partial charge >= 0.3 is 0 Å². The first-order valence-corrected chi connectivity index (χ1v) is 12.5. The Morgan fingerprint density at radius 3 is 2.68 bits per heavy atom. The van der Waals surface area contributed by atoms with Gasteiger partial charge in [-0.2, -0.15) is 4.31 Å². The average molecular weight is 460 g/mol. The summed E-state index contributed by atoms with van der Waals surface area (Å²) in [6.07, 6.45) is 1.29. The number of ether oxygens (including phenoxy) is 1. The minimum absolute atomic E-state index is 0.107. The van der Waals surface area contributed by atoms with Crippen molar-refractivity contribution in [3.05, 3.63) is 54.6 Å². The second-order valence-electron chi connectivity index (χ2n) is 7.46. The van der Waals surface area contributed by atoms with Crippen molar-refractivity contribution in [1.82, 2.24) is 9.29 Å². The summed E-state index contributed by atoms with van der Waals surface area (Å²) in [6.45, 7) is 1.34. The van der Waals surface area contributed by atoms with Gasteiger partial charge in [-0.05, 0) is 37.1 Å². The first-order chi connectivity index (χ1) is 15.0. The third-order valence-electron chi connectivity index (χ3n) is 5.41. The van der Waals surface area contributed by atoms with Gasteiger partial charge in [0.1, 0.15) is 0 Å². The molecule has 164 valence electrons. The van der Waals surface area contributed by atoms with Crippen LogP contribution in [-0.4, -0.2) is 57.0 Å². The highest BCUT2D eigenvalue weighted by Crippen LogP contribution is 2.31. The van der Waals surface area contributed by atoms with Gasteiger partial charge in [0.25, 0.3) is 0 Å². The Morgan fingerprint density at radius 2 is 1.94 bits per heavy atom. The van der Waals surface area contributed by atoms with E-state index in [1.54, 1.807) is 42.3 Å². The van der Waals surface area contributed by atoms with Gasteiger partial charge in [0.2, 0.25) is 15.9 Å². The van der Waals surface area contributed by atoms with Crippen LogP contribution in [0.1, 0.15) is 12.8 Å². The first-order valence-electron chi connectivity index (χ1n) is 10.2. The molecular weight excluding hydrogens is 434 g/mol. The van der Waals surface area contributed by atoms with E-state index in [1.165, 1.54) is 15.6 Å². The summed E-state index contributed by atoms with van der Waals surface area (Å²) in [6, 6.07) is 16.1. The molecule has 1 aliphatic rings. The van der Waals surface area contributed by atoms with Crippen molar-refractivity contribution in [2.75, 3.05) is 38.3 Å². The normalized spacial score (nSPS) is 17.6. The van der Waals surface area contributed by atoms with Gasteiger partial charge in [0.05, 0.1) is 34.2 Å². The third-order valence-corrected chi connectivity index (χ3v) is 8.35. The number of anilines is 1. The van der Waals surface area contributed by atoms with Crippen molar-refractivity contribution in [2.24, 2.45) is 5.92 Å². The molecule has 0 radical (unpaired) electrons. The van der Waals surface area contributed by atoms with Crippen LogP contribution in [0.25, 0.3) is 10.2 Å². The summed E-state index contributed by atoms with van der Waals surface area (Å²) in [5, 5.41) is 0.617. The van der Waals surface area contributed by atoms with E-state index in [0.29, 0.717) is 37.7 Å². The summed E-state index contributed by atoms with van der Waals surface area (Å²) in [5.74, 6) is -0.528. The van der Waals surface area contributed by atoms with E-state index >= 15 is 0 Å². The molecule has 0 saturated carbocycles. The second kappa shape index (κ2) is 9.44. The lowest BCUT2D eigenvalue weighted by Gasteiger charge is -2.33. The van der Waals surface area contributed by atoms with Gasteiger partial charge in [-0.15, -0.1) is 0 Å². The number of carbonyl (C=O) groups excluding carboxylic acids is 1. The van der Waals surface area contributed by atoms with Crippen LogP contribution in [0, 0.1) is 5.92 Å². The van der Waals surface area contributed by atoms with E-state index in [0.717, 1.165) is 10.2 Å². The minimum atomic E-state index is -3.63. The maximum atomic E-state index is 13.5. The van der Waals surface area contributed by atoms with E-state index in [-0.39, 0.29) is 17.3 Å². The molecule has 1 atom stereocenters. The third kappa shape index (κ3) is 4.64. The molecule has 1 saturated heterocycles. The van der Waals surface area contributed by atoms with Crippen molar-refractivity contribution in [3.8, 4) is 0 Å². The van der Waals surface area contributed by atoms with Crippen LogP contribution in [0.3, 0.4) is 0 Å². The maximum Gasteiger partial charge on any atom is 0.243 e. The summed E-state index contributed by atoms with van der Waals surface area (Å²) in [5.41, 5.74) is 0.842. The van der Waals surface area contributed by atoms with E-state index < -0.39 is 15.9 Å². The molecule has 2 aromatic carbocycles. The van der Waals surface area contributed by atoms with Gasteiger partial charge < -0.3 is 4.74 Å². The number of hydrogen-bond donors (Lipinski definition) is 0. The SMILES string of the molecule is COCCN(C(=O)C1CCCN(S(=O)(=O)c2ccccc2)C1)c1nc2ccccc2s1. The van der Waals surface area contributed by atoms with E-state index in [2.05, 4.69) is 4.98 Å². The van der Waals surface area contributed by atoms with Crippen LogP contribution in [-0.2, 0) is 19.6 Å². The Bertz CT molecular complexity index is 1110. The smallest absolute Gasteiger partial charge is 0.243 e. The average Bonchev–Trinajstić information content (AvgIpc) is 3.24. The lowest BCUT2D eigenvalue weighted by Crippen LogP contribution is -2.47. The molecule has 0 bridgehead atoms. The highest BCUT2D eigenvalue weighted by atomic mass is 32.2. The number of benzene rings is 2. The zero-order valence-corrected chi connectivity index (χ0v) is 18.9. The Kier molecular flexibility index (Phi) is 6.66. The molecule has 0 spiro atoms. The van der Waals surface area contributed by atoms with Gasteiger partial charge in [-0.1, -0.05) is 41.7 Å².